The van der Waals surface area contributed by atoms with Gasteiger partial charge in [-0.2, -0.15) is 0 Å². The van der Waals surface area contributed by atoms with Gasteiger partial charge in [0.15, 0.2) is 0 Å². The van der Waals surface area contributed by atoms with Gasteiger partial charge in [-0.3, -0.25) is 4.79 Å². The van der Waals surface area contributed by atoms with Gasteiger partial charge in [0.1, 0.15) is 0 Å². The van der Waals surface area contributed by atoms with Crippen molar-refractivity contribution in [1.29, 1.82) is 0 Å². The van der Waals surface area contributed by atoms with Gasteiger partial charge in [-0.1, -0.05) is 23.7 Å². The minimum Gasteiger partial charge on any atom is -0.375 e. The van der Waals surface area contributed by atoms with Crippen LogP contribution in [-0.4, -0.2) is 29.9 Å². The minimum atomic E-state index is 0.155. The van der Waals surface area contributed by atoms with Crippen LogP contribution in [0.1, 0.15) is 26.2 Å². The summed E-state index contributed by atoms with van der Waals surface area (Å²) >= 11 is 6.03. The third-order valence-corrected chi connectivity index (χ3v) is 3.76. The van der Waals surface area contributed by atoms with E-state index in [9.17, 15) is 4.79 Å². The fraction of sp³-hybridized carbons (Fsp3) is 0.500. The maximum atomic E-state index is 12.1. The number of anilines is 1. The van der Waals surface area contributed by atoms with Crippen LogP contribution in [0.15, 0.2) is 24.3 Å². The first-order valence-corrected chi connectivity index (χ1v) is 6.84. The van der Waals surface area contributed by atoms with Crippen molar-refractivity contribution in [2.24, 2.45) is 0 Å². The second kappa shape index (κ2) is 6.10. The predicted molar refractivity (Wildman–Crippen MR) is 75.0 cm³/mol. The van der Waals surface area contributed by atoms with E-state index in [1.165, 1.54) is 6.42 Å². The highest BCUT2D eigenvalue weighted by molar-refractivity contribution is 6.33. The molecule has 0 spiro atoms. The molecule has 0 saturated carbocycles. The van der Waals surface area contributed by atoms with Gasteiger partial charge in [0.05, 0.1) is 17.3 Å². The van der Waals surface area contributed by atoms with Crippen molar-refractivity contribution < 1.29 is 4.79 Å². The van der Waals surface area contributed by atoms with E-state index >= 15 is 0 Å². The van der Waals surface area contributed by atoms with E-state index in [0.29, 0.717) is 17.6 Å². The Hall–Kier alpha value is -1.22. The normalized spacial score (nSPS) is 19.7. The molecule has 1 saturated heterocycles. The van der Waals surface area contributed by atoms with E-state index in [4.69, 9.17) is 11.6 Å². The van der Waals surface area contributed by atoms with E-state index in [0.717, 1.165) is 25.1 Å². The molecule has 0 radical (unpaired) electrons. The Morgan fingerprint density at radius 3 is 2.94 bits per heavy atom. The zero-order valence-corrected chi connectivity index (χ0v) is 11.4. The lowest BCUT2D eigenvalue weighted by Gasteiger charge is -2.33. The Morgan fingerprint density at radius 1 is 1.44 bits per heavy atom. The molecule has 3 nitrogen and oxygen atoms in total. The molecule has 4 heteroatoms. The molecule has 1 atom stereocenters. The van der Waals surface area contributed by atoms with Crippen LogP contribution in [0.3, 0.4) is 0 Å². The highest BCUT2D eigenvalue weighted by atomic mass is 35.5. The number of halogens is 1. The first kappa shape index (κ1) is 13.2. The highest BCUT2D eigenvalue weighted by Gasteiger charge is 2.22. The molecule has 1 amide bonds. The summed E-state index contributed by atoms with van der Waals surface area (Å²) in [7, 11) is 0. The smallest absolute Gasteiger partial charge is 0.242 e. The monoisotopic (exact) mass is 266 g/mol. The lowest BCUT2D eigenvalue weighted by Crippen LogP contribution is -2.44. The predicted octanol–water partition coefficient (Wildman–Crippen LogP) is 3.15. The summed E-state index contributed by atoms with van der Waals surface area (Å²) in [4.78, 5) is 14.1. The van der Waals surface area contributed by atoms with Gasteiger partial charge in [-0.25, -0.2) is 0 Å². The Balaban J connectivity index is 1.90. The summed E-state index contributed by atoms with van der Waals surface area (Å²) in [6.45, 7) is 3.31. The standard InChI is InChI=1S/C14H19ClN2O/c1-11-6-4-5-9-17(11)14(18)10-16-13-8-3-2-7-12(13)15/h2-3,7-8,11,16H,4-6,9-10H2,1H3. The van der Waals surface area contributed by atoms with Gasteiger partial charge < -0.3 is 10.2 Å². The van der Waals surface area contributed by atoms with Crippen LogP contribution >= 0.6 is 11.6 Å². The second-order valence-corrected chi connectivity index (χ2v) is 5.17. The Labute approximate surface area is 113 Å². The molecule has 1 aliphatic rings. The first-order valence-electron chi connectivity index (χ1n) is 6.46. The van der Waals surface area contributed by atoms with E-state index in [-0.39, 0.29) is 5.91 Å². The maximum absolute atomic E-state index is 12.1. The quantitative estimate of drug-likeness (QED) is 0.912. The molecule has 1 aromatic rings. The van der Waals surface area contributed by atoms with Crippen molar-refractivity contribution in [3.05, 3.63) is 29.3 Å². The van der Waals surface area contributed by atoms with Crippen molar-refractivity contribution >= 4 is 23.2 Å². The highest BCUT2D eigenvalue weighted by Crippen LogP contribution is 2.21. The Bertz CT molecular complexity index is 422. The molecular formula is C14H19ClN2O. The molecule has 98 valence electrons. The Kier molecular flexibility index (Phi) is 4.48. The lowest BCUT2D eigenvalue weighted by atomic mass is 10.0. The summed E-state index contributed by atoms with van der Waals surface area (Å²) in [5.41, 5.74) is 0.817. The second-order valence-electron chi connectivity index (χ2n) is 4.77. The number of likely N-dealkylation sites (tertiary alicyclic amines) is 1. The minimum absolute atomic E-state index is 0.155. The number of carbonyl (C=O) groups is 1. The molecule has 1 aliphatic heterocycles. The van der Waals surface area contributed by atoms with E-state index in [2.05, 4.69) is 12.2 Å². The molecule has 0 bridgehead atoms. The van der Waals surface area contributed by atoms with Gasteiger partial charge in [0, 0.05) is 12.6 Å². The van der Waals surface area contributed by atoms with Crippen LogP contribution in [-0.2, 0) is 4.79 Å². The SMILES string of the molecule is CC1CCCCN1C(=O)CNc1ccccc1Cl. The number of para-hydroxylation sites is 1. The number of piperidine rings is 1. The summed E-state index contributed by atoms with van der Waals surface area (Å²) < 4.78 is 0. The van der Waals surface area contributed by atoms with Crippen molar-refractivity contribution in [2.45, 2.75) is 32.2 Å². The van der Waals surface area contributed by atoms with Crippen LogP contribution in [0.4, 0.5) is 5.69 Å². The van der Waals surface area contributed by atoms with Gasteiger partial charge in [-0.15, -0.1) is 0 Å². The number of hydrogen-bond donors (Lipinski definition) is 1. The molecule has 18 heavy (non-hydrogen) atoms. The third kappa shape index (κ3) is 3.16. The fourth-order valence-electron chi connectivity index (χ4n) is 2.35. The molecule has 0 aromatic heterocycles. The van der Waals surface area contributed by atoms with Crippen molar-refractivity contribution in [2.75, 3.05) is 18.4 Å². The third-order valence-electron chi connectivity index (χ3n) is 3.43. The molecule has 2 rings (SSSR count). The van der Waals surface area contributed by atoms with Crippen LogP contribution in [0, 0.1) is 0 Å². The number of rotatable bonds is 3. The number of hydrogen-bond acceptors (Lipinski definition) is 2. The van der Waals surface area contributed by atoms with Crippen molar-refractivity contribution in [3.8, 4) is 0 Å². The van der Waals surface area contributed by atoms with E-state index < -0.39 is 0 Å². The largest absolute Gasteiger partial charge is 0.375 e. The molecule has 1 unspecified atom stereocenters. The maximum Gasteiger partial charge on any atom is 0.242 e. The summed E-state index contributed by atoms with van der Waals surface area (Å²) in [6.07, 6.45) is 3.45. The lowest BCUT2D eigenvalue weighted by molar-refractivity contribution is -0.132. The van der Waals surface area contributed by atoms with Gasteiger partial charge >= 0.3 is 0 Å². The number of amides is 1. The number of nitrogens with zero attached hydrogens (tertiary/aromatic N) is 1. The average molecular weight is 267 g/mol. The van der Waals surface area contributed by atoms with E-state index in [1.807, 2.05) is 29.2 Å². The molecule has 1 heterocycles. The van der Waals surface area contributed by atoms with Crippen molar-refractivity contribution in [3.63, 3.8) is 0 Å². The number of benzene rings is 1. The zero-order valence-electron chi connectivity index (χ0n) is 10.7. The Morgan fingerprint density at radius 2 is 2.22 bits per heavy atom. The van der Waals surface area contributed by atoms with E-state index in [1.54, 1.807) is 0 Å². The average Bonchev–Trinajstić information content (AvgIpc) is 2.38. The summed E-state index contributed by atoms with van der Waals surface area (Å²) in [6, 6.07) is 7.84. The van der Waals surface area contributed by atoms with Crippen LogP contribution in [0.2, 0.25) is 5.02 Å². The number of nitrogens with one attached hydrogen (secondary N) is 1. The zero-order chi connectivity index (χ0) is 13.0. The van der Waals surface area contributed by atoms with Gasteiger partial charge in [-0.05, 0) is 38.3 Å². The van der Waals surface area contributed by atoms with Crippen LogP contribution in [0.5, 0.6) is 0 Å². The summed E-state index contributed by atoms with van der Waals surface area (Å²) in [5.74, 6) is 0.155. The molecule has 1 N–H and O–H groups in total. The van der Waals surface area contributed by atoms with Crippen molar-refractivity contribution in [1.82, 2.24) is 4.90 Å². The molecular weight excluding hydrogens is 248 g/mol. The van der Waals surface area contributed by atoms with Gasteiger partial charge in [0.2, 0.25) is 5.91 Å². The number of carbonyl (C=O) groups excluding carboxylic acids is 1. The molecule has 1 aromatic carbocycles. The first-order chi connectivity index (χ1) is 8.68. The summed E-state index contributed by atoms with van der Waals surface area (Å²) in [5, 5.41) is 3.76. The van der Waals surface area contributed by atoms with Gasteiger partial charge in [0.25, 0.3) is 0 Å². The fourth-order valence-corrected chi connectivity index (χ4v) is 2.55. The van der Waals surface area contributed by atoms with Crippen LogP contribution < -0.4 is 5.32 Å². The molecule has 1 fully saturated rings. The molecule has 0 aliphatic carbocycles. The topological polar surface area (TPSA) is 32.3 Å². The van der Waals surface area contributed by atoms with Crippen LogP contribution in [0.25, 0.3) is 0 Å².